The van der Waals surface area contributed by atoms with Gasteiger partial charge in [-0.1, -0.05) is 23.9 Å². The van der Waals surface area contributed by atoms with Crippen molar-refractivity contribution in [3.63, 3.8) is 0 Å². The first-order valence-corrected chi connectivity index (χ1v) is 7.83. The van der Waals surface area contributed by atoms with Gasteiger partial charge in [0.2, 0.25) is 0 Å². The lowest BCUT2D eigenvalue weighted by molar-refractivity contribution is -0.133. The number of carboxylic acids is 1. The molecule has 0 saturated carbocycles. The Hall–Kier alpha value is -2.22. The summed E-state index contributed by atoms with van der Waals surface area (Å²) in [7, 11) is 0. The molecule has 8 heteroatoms. The minimum absolute atomic E-state index is 0.0526. The Morgan fingerprint density at radius 2 is 2.18 bits per heavy atom. The average molecular weight is 321 g/mol. The number of rotatable bonds is 5. The molecule has 116 valence electrons. The van der Waals surface area contributed by atoms with Gasteiger partial charge in [-0.3, -0.25) is 4.79 Å². The minimum Gasteiger partial charge on any atom is -0.485 e. The van der Waals surface area contributed by atoms with Gasteiger partial charge in [0, 0.05) is 6.54 Å². The molecular formula is C14H15N3O4S. The van der Waals surface area contributed by atoms with Gasteiger partial charge >= 0.3 is 5.97 Å². The van der Waals surface area contributed by atoms with Crippen molar-refractivity contribution in [1.29, 1.82) is 0 Å². The van der Waals surface area contributed by atoms with Crippen LogP contribution in [0.2, 0.25) is 0 Å². The molecule has 0 fully saturated rings. The molecule has 1 unspecified atom stereocenters. The maximum absolute atomic E-state index is 10.7. The first-order chi connectivity index (χ1) is 10.7. The van der Waals surface area contributed by atoms with E-state index in [0.29, 0.717) is 35.6 Å². The summed E-state index contributed by atoms with van der Waals surface area (Å²) in [5.41, 5.74) is 0. The second kappa shape index (κ2) is 6.27. The zero-order valence-corrected chi connectivity index (χ0v) is 12.7. The Morgan fingerprint density at radius 1 is 1.41 bits per heavy atom. The summed E-state index contributed by atoms with van der Waals surface area (Å²) in [6.45, 7) is 2.93. The van der Waals surface area contributed by atoms with Crippen LogP contribution in [0.3, 0.4) is 0 Å². The second-order valence-electron chi connectivity index (χ2n) is 4.63. The van der Waals surface area contributed by atoms with Gasteiger partial charge in [0.05, 0.1) is 5.75 Å². The van der Waals surface area contributed by atoms with Crippen molar-refractivity contribution >= 4 is 17.7 Å². The van der Waals surface area contributed by atoms with Crippen LogP contribution in [-0.4, -0.2) is 38.2 Å². The number of carbonyl (C=O) groups is 1. The van der Waals surface area contributed by atoms with E-state index in [4.69, 9.17) is 14.6 Å². The molecule has 1 aromatic carbocycles. The van der Waals surface area contributed by atoms with Crippen LogP contribution in [-0.2, 0) is 11.3 Å². The molecule has 0 saturated heterocycles. The van der Waals surface area contributed by atoms with Gasteiger partial charge in [0.1, 0.15) is 6.61 Å². The van der Waals surface area contributed by atoms with Gasteiger partial charge in [-0.2, -0.15) is 0 Å². The normalized spacial score (nSPS) is 16.5. The van der Waals surface area contributed by atoms with Gasteiger partial charge in [-0.25, -0.2) is 0 Å². The Kier molecular flexibility index (Phi) is 4.19. The number of ether oxygens (including phenoxy) is 2. The van der Waals surface area contributed by atoms with Crippen LogP contribution in [0.25, 0.3) is 0 Å². The number of hydrogen-bond donors (Lipinski definition) is 1. The van der Waals surface area contributed by atoms with Crippen LogP contribution in [0.4, 0.5) is 0 Å². The van der Waals surface area contributed by atoms with Crippen molar-refractivity contribution in [2.45, 2.75) is 24.7 Å². The molecule has 0 radical (unpaired) electrons. The Labute approximate surface area is 131 Å². The molecule has 1 atom stereocenters. The molecule has 1 N–H and O–H groups in total. The molecular weight excluding hydrogens is 306 g/mol. The summed E-state index contributed by atoms with van der Waals surface area (Å²) in [5.74, 6) is 1.09. The van der Waals surface area contributed by atoms with E-state index in [0.717, 1.165) is 11.8 Å². The summed E-state index contributed by atoms with van der Waals surface area (Å²) in [5, 5.41) is 17.6. The van der Waals surface area contributed by atoms with Gasteiger partial charge in [0.15, 0.2) is 28.6 Å². The maximum Gasteiger partial charge on any atom is 0.313 e. The molecule has 0 aliphatic carbocycles. The smallest absolute Gasteiger partial charge is 0.313 e. The van der Waals surface area contributed by atoms with Crippen molar-refractivity contribution in [3.05, 3.63) is 30.1 Å². The van der Waals surface area contributed by atoms with E-state index in [-0.39, 0.29) is 11.9 Å². The zero-order valence-electron chi connectivity index (χ0n) is 11.9. The monoisotopic (exact) mass is 321 g/mol. The third kappa shape index (κ3) is 2.87. The highest BCUT2D eigenvalue weighted by Crippen LogP contribution is 2.36. The number of nitrogens with zero attached hydrogens (tertiary/aromatic N) is 3. The lowest BCUT2D eigenvalue weighted by Crippen LogP contribution is -2.25. The molecule has 22 heavy (non-hydrogen) atoms. The number of benzene rings is 1. The number of thioether (sulfide) groups is 1. The van der Waals surface area contributed by atoms with Crippen LogP contribution in [0.1, 0.15) is 18.9 Å². The van der Waals surface area contributed by atoms with Crippen LogP contribution >= 0.6 is 11.8 Å². The SMILES string of the molecule is CCn1c(SCC(=O)O)nnc1C1COc2ccccc2O1. The first kappa shape index (κ1) is 14.7. The third-order valence-electron chi connectivity index (χ3n) is 3.18. The molecule has 0 amide bonds. The third-order valence-corrected chi connectivity index (χ3v) is 4.13. The zero-order chi connectivity index (χ0) is 15.5. The summed E-state index contributed by atoms with van der Waals surface area (Å²) in [6.07, 6.45) is -0.360. The highest BCUT2D eigenvalue weighted by molar-refractivity contribution is 7.99. The highest BCUT2D eigenvalue weighted by atomic mass is 32.2. The predicted octanol–water partition coefficient (Wildman–Crippen LogP) is 1.99. The number of aliphatic carboxylic acids is 1. The van der Waals surface area contributed by atoms with E-state index in [1.807, 2.05) is 35.8 Å². The molecule has 1 aromatic heterocycles. The Morgan fingerprint density at radius 3 is 2.91 bits per heavy atom. The predicted molar refractivity (Wildman–Crippen MR) is 79.4 cm³/mol. The van der Waals surface area contributed by atoms with E-state index in [1.54, 1.807) is 0 Å². The van der Waals surface area contributed by atoms with Crippen molar-refractivity contribution < 1.29 is 19.4 Å². The Balaban J connectivity index is 1.82. The van der Waals surface area contributed by atoms with Crippen molar-refractivity contribution in [3.8, 4) is 11.5 Å². The number of hydrogen-bond acceptors (Lipinski definition) is 6. The number of fused-ring (bicyclic) bond motifs is 1. The van der Waals surface area contributed by atoms with Crippen LogP contribution in [0, 0.1) is 0 Å². The topological polar surface area (TPSA) is 86.5 Å². The fraction of sp³-hybridized carbons (Fsp3) is 0.357. The van der Waals surface area contributed by atoms with E-state index in [2.05, 4.69) is 10.2 Å². The van der Waals surface area contributed by atoms with Crippen molar-refractivity contribution in [2.24, 2.45) is 0 Å². The van der Waals surface area contributed by atoms with E-state index in [1.165, 1.54) is 0 Å². The molecule has 3 rings (SSSR count). The van der Waals surface area contributed by atoms with Crippen molar-refractivity contribution in [2.75, 3.05) is 12.4 Å². The summed E-state index contributed by atoms with van der Waals surface area (Å²) >= 11 is 1.14. The quantitative estimate of drug-likeness (QED) is 0.843. The van der Waals surface area contributed by atoms with E-state index >= 15 is 0 Å². The largest absolute Gasteiger partial charge is 0.485 e. The Bertz CT molecular complexity index is 688. The van der Waals surface area contributed by atoms with Crippen LogP contribution in [0.5, 0.6) is 11.5 Å². The lowest BCUT2D eigenvalue weighted by atomic mass is 10.2. The first-order valence-electron chi connectivity index (χ1n) is 6.85. The van der Waals surface area contributed by atoms with E-state index < -0.39 is 5.97 Å². The lowest BCUT2D eigenvalue weighted by Gasteiger charge is -2.26. The molecule has 7 nitrogen and oxygen atoms in total. The molecule has 0 spiro atoms. The molecule has 2 heterocycles. The van der Waals surface area contributed by atoms with Gasteiger partial charge in [-0.05, 0) is 19.1 Å². The molecule has 2 aromatic rings. The van der Waals surface area contributed by atoms with Gasteiger partial charge in [0.25, 0.3) is 0 Å². The standard InChI is InChI=1S/C14H15N3O4S/c1-2-17-13(15-16-14(17)22-8-12(18)19)11-7-20-9-5-3-4-6-10(9)21-11/h3-6,11H,2,7-8H2,1H3,(H,18,19). The number of para-hydroxylation sites is 2. The molecule has 1 aliphatic heterocycles. The van der Waals surface area contributed by atoms with Crippen LogP contribution in [0.15, 0.2) is 29.4 Å². The second-order valence-corrected chi connectivity index (χ2v) is 5.57. The van der Waals surface area contributed by atoms with Crippen LogP contribution < -0.4 is 9.47 Å². The average Bonchev–Trinajstić information content (AvgIpc) is 2.95. The number of aromatic nitrogens is 3. The maximum atomic E-state index is 10.7. The fourth-order valence-corrected chi connectivity index (χ4v) is 2.94. The van der Waals surface area contributed by atoms with Gasteiger partial charge in [-0.15, -0.1) is 10.2 Å². The minimum atomic E-state index is -0.886. The number of carboxylic acid groups (broad SMARTS) is 1. The van der Waals surface area contributed by atoms with E-state index in [9.17, 15) is 4.79 Å². The fourth-order valence-electron chi connectivity index (χ4n) is 2.22. The van der Waals surface area contributed by atoms with Gasteiger partial charge < -0.3 is 19.1 Å². The summed E-state index contributed by atoms with van der Waals surface area (Å²) in [6, 6.07) is 7.46. The molecule has 0 bridgehead atoms. The highest BCUT2D eigenvalue weighted by Gasteiger charge is 2.28. The summed E-state index contributed by atoms with van der Waals surface area (Å²) < 4.78 is 13.5. The summed E-state index contributed by atoms with van der Waals surface area (Å²) in [4.78, 5) is 10.7. The van der Waals surface area contributed by atoms with Crippen molar-refractivity contribution in [1.82, 2.24) is 14.8 Å². The molecule has 1 aliphatic rings.